The smallest absolute Gasteiger partial charge is 0.310 e. The summed E-state index contributed by atoms with van der Waals surface area (Å²) in [5.74, 6) is -7.63. The minimum absolute atomic E-state index is 0.0368. The van der Waals surface area contributed by atoms with Crippen molar-refractivity contribution in [3.63, 3.8) is 0 Å². The topological polar surface area (TPSA) is 290 Å². The molecule has 4 heterocycles. The molecule has 3 fully saturated rings. The van der Waals surface area contributed by atoms with Gasteiger partial charge in [0, 0.05) is 88.7 Å². The van der Waals surface area contributed by atoms with Crippen LogP contribution in [0, 0.1) is 27.9 Å². The molecule has 1 aromatic heterocycles. The average Bonchev–Trinajstić information content (AvgIpc) is 2.33. The number of fused-ring (bicyclic) bond motifs is 1. The fourth-order valence-electron chi connectivity index (χ4n) is 11.8. The van der Waals surface area contributed by atoms with Crippen LogP contribution in [-0.4, -0.2) is 177 Å². The summed E-state index contributed by atoms with van der Waals surface area (Å²) >= 11 is 0. The van der Waals surface area contributed by atoms with Gasteiger partial charge in [-0.2, -0.15) is 0 Å². The number of nitro benzene ring substituents is 1. The number of amides is 8. The van der Waals surface area contributed by atoms with Crippen molar-refractivity contribution in [2.45, 2.75) is 161 Å². The maximum absolute atomic E-state index is 15.5. The zero-order valence-corrected chi connectivity index (χ0v) is 52.6. The second kappa shape index (κ2) is 29.7. The van der Waals surface area contributed by atoms with Crippen molar-refractivity contribution in [2.75, 3.05) is 46.9 Å². The van der Waals surface area contributed by atoms with Crippen LogP contribution in [0.25, 0.3) is 10.9 Å². The summed E-state index contributed by atoms with van der Waals surface area (Å²) in [4.78, 5) is 137. The van der Waals surface area contributed by atoms with Gasteiger partial charge in [-0.25, -0.2) is 0 Å². The molecule has 0 spiro atoms. The molecule has 4 aromatic rings. The van der Waals surface area contributed by atoms with Crippen LogP contribution in [-0.2, 0) is 68.0 Å². The van der Waals surface area contributed by atoms with Gasteiger partial charge in [-0.15, -0.1) is 0 Å². The molecule has 23 heteroatoms. The first-order chi connectivity index (χ1) is 41.7. The lowest BCUT2D eigenvalue weighted by atomic mass is 9.96. The van der Waals surface area contributed by atoms with Crippen molar-refractivity contribution in [3.05, 3.63) is 118 Å². The first-order valence-electron chi connectivity index (χ1n) is 30.6. The van der Waals surface area contributed by atoms with Gasteiger partial charge in [0.05, 0.1) is 17.1 Å². The van der Waals surface area contributed by atoms with Crippen LogP contribution >= 0.6 is 0 Å². The standard InChI is InChI=1S/C65H89N11O12/c1-12-13-22-47-57(78)70-50(35-45-37-75(65(8,9)56-38-88-56)51-23-18-17-21-46(45)51)64(85)72(11)53(31-40(4)5)60(81)69-49(33-44-24-25-55(77)52(34-44)76(86)87)58(79)66-42(7)63(84)71(10)54(61(82)68-48(30-39(2)3)59(80)67-47)32-41(6)62(83)74-28-26-73(27-29-74)36-43-19-15-14-16-20-43/h12-21,23-25,34,37,39-42,47-50,53-54,56,77H,22,26-33,35-36,38H2,1-11H3,(H,66,79)(H,67,80)(H,68,82)(H,69,81)(H,70,78)/b13-12+/t41?,42-,47-,48-,49-,50-,53-,54-,56?/m0/s1. The summed E-state index contributed by atoms with van der Waals surface area (Å²) in [6.45, 7) is 19.6. The highest BCUT2D eigenvalue weighted by atomic mass is 16.6. The molecule has 8 amide bonds. The molecule has 7 rings (SSSR count). The molecule has 0 saturated carbocycles. The lowest BCUT2D eigenvalue weighted by molar-refractivity contribution is -0.385. The third-order valence-corrected chi connectivity index (χ3v) is 17.1. The number of rotatable bonds is 18. The van der Waals surface area contributed by atoms with Crippen molar-refractivity contribution >= 4 is 63.8 Å². The largest absolute Gasteiger partial charge is 0.502 e. The number of ether oxygens (including phenoxy) is 1. The zero-order chi connectivity index (χ0) is 64.3. The van der Waals surface area contributed by atoms with Gasteiger partial charge in [0.15, 0.2) is 5.75 Å². The highest BCUT2D eigenvalue weighted by molar-refractivity contribution is 5.99. The number of phenolic OH excluding ortho intramolecular Hbond substituents is 1. The molecule has 3 aliphatic heterocycles. The van der Waals surface area contributed by atoms with Crippen molar-refractivity contribution in [2.24, 2.45) is 17.8 Å². The monoisotopic (exact) mass is 1220 g/mol. The molecule has 9 atom stereocenters. The summed E-state index contributed by atoms with van der Waals surface area (Å²) in [6.07, 6.45) is 4.63. The number of carbonyl (C=O) groups excluding carboxylic acids is 8. The molecule has 3 aromatic carbocycles. The van der Waals surface area contributed by atoms with E-state index >= 15 is 19.2 Å². The number of hydrogen-bond acceptors (Lipinski definition) is 13. The van der Waals surface area contributed by atoms with Crippen LogP contribution in [0.1, 0.15) is 105 Å². The van der Waals surface area contributed by atoms with E-state index in [1.807, 2.05) is 102 Å². The lowest BCUT2D eigenvalue weighted by Crippen LogP contribution is -2.60. The number of nitrogens with one attached hydrogen (secondary N) is 5. The van der Waals surface area contributed by atoms with E-state index in [2.05, 4.69) is 36.1 Å². The van der Waals surface area contributed by atoms with E-state index in [-0.39, 0.29) is 61.5 Å². The Balaban J connectivity index is 1.30. The minimum Gasteiger partial charge on any atom is -0.502 e. The number of epoxide rings is 1. The Kier molecular flexibility index (Phi) is 22.7. The molecule has 88 heavy (non-hydrogen) atoms. The second-order valence-corrected chi connectivity index (χ2v) is 25.2. The number of phenols is 1. The molecule has 3 saturated heterocycles. The van der Waals surface area contributed by atoms with Crippen LogP contribution in [0.3, 0.4) is 0 Å². The van der Waals surface area contributed by atoms with E-state index in [0.717, 1.165) is 33.5 Å². The molecule has 3 aliphatic rings. The van der Waals surface area contributed by atoms with Crippen molar-refractivity contribution in [1.82, 2.24) is 50.8 Å². The summed E-state index contributed by atoms with van der Waals surface area (Å²) in [7, 11) is 2.78. The molecule has 0 aliphatic carbocycles. The van der Waals surface area contributed by atoms with Crippen molar-refractivity contribution in [3.8, 4) is 5.75 Å². The number of aromatic hydroxyl groups is 1. The summed E-state index contributed by atoms with van der Waals surface area (Å²) in [6, 6.07) is 11.5. The molecule has 23 nitrogen and oxygen atoms in total. The number of aromatic nitrogens is 1. The highest BCUT2D eigenvalue weighted by Gasteiger charge is 2.44. The number of hydrogen-bond donors (Lipinski definition) is 6. The Labute approximate surface area is 515 Å². The Hall–Kier alpha value is -8.18. The molecule has 0 bridgehead atoms. The number of nitro groups is 1. The lowest BCUT2D eigenvalue weighted by Gasteiger charge is -2.37. The van der Waals surface area contributed by atoms with Gasteiger partial charge < -0.3 is 55.7 Å². The first-order valence-corrected chi connectivity index (χ1v) is 30.6. The average molecular weight is 1220 g/mol. The maximum Gasteiger partial charge on any atom is 0.310 e. The van der Waals surface area contributed by atoms with Gasteiger partial charge in [-0.1, -0.05) is 101 Å². The van der Waals surface area contributed by atoms with Gasteiger partial charge in [-0.3, -0.25) is 53.4 Å². The number of nitrogens with zero attached hydrogens (tertiary/aromatic N) is 6. The third kappa shape index (κ3) is 16.9. The fourth-order valence-corrected chi connectivity index (χ4v) is 11.8. The van der Waals surface area contributed by atoms with Gasteiger partial charge in [0.25, 0.3) is 0 Å². The van der Waals surface area contributed by atoms with Gasteiger partial charge in [0.1, 0.15) is 48.4 Å². The van der Waals surface area contributed by atoms with Crippen molar-refractivity contribution in [1.29, 1.82) is 0 Å². The summed E-state index contributed by atoms with van der Waals surface area (Å²) < 4.78 is 7.87. The first kappa shape index (κ1) is 67.3. The number of benzene rings is 3. The van der Waals surface area contributed by atoms with Crippen LogP contribution in [0.5, 0.6) is 5.75 Å². The van der Waals surface area contributed by atoms with E-state index in [1.54, 1.807) is 30.9 Å². The predicted molar refractivity (Wildman–Crippen MR) is 332 cm³/mol. The molecule has 2 unspecified atom stereocenters. The summed E-state index contributed by atoms with van der Waals surface area (Å²) in [5, 5.41) is 37.4. The van der Waals surface area contributed by atoms with E-state index in [1.165, 1.54) is 32.0 Å². The van der Waals surface area contributed by atoms with E-state index in [9.17, 15) is 34.4 Å². The Bertz CT molecular complexity index is 3210. The number of para-hydroxylation sites is 1. The molecule has 476 valence electrons. The van der Waals surface area contributed by atoms with Gasteiger partial charge in [-0.05, 0) is 94.0 Å². The van der Waals surface area contributed by atoms with E-state index in [0.29, 0.717) is 44.9 Å². The molecule has 0 radical (unpaired) electrons. The fraction of sp³-hybridized carbons (Fsp3) is 0.538. The van der Waals surface area contributed by atoms with Crippen LogP contribution in [0.15, 0.2) is 91.1 Å². The number of likely N-dealkylation sites (N-methyl/N-ethyl adjacent to an activating group) is 2. The Morgan fingerprint density at radius 3 is 1.90 bits per heavy atom. The predicted octanol–water partition coefficient (Wildman–Crippen LogP) is 4.71. The van der Waals surface area contributed by atoms with Crippen LogP contribution in [0.4, 0.5) is 5.69 Å². The SMILES string of the molecule is C/C=C/C[C@@H]1NC(=O)[C@H](CC(C)C)NC(=O)[C@H](CC(C)C(=O)N2CCN(Cc3ccccc3)CC2)N(C)C(=O)[C@H](C)NC(=O)[C@H](Cc2ccc(O)c([N+](=O)[O-])c2)NC(=O)[C@H](CC(C)C)N(C)C(=O)[C@H](Cc2cn(C(C)(C)C3CO3)c3ccccc23)NC1=O. The maximum atomic E-state index is 15.5. The second-order valence-electron chi connectivity index (χ2n) is 25.2. The minimum atomic E-state index is -1.57. The zero-order valence-electron chi connectivity index (χ0n) is 52.6. The Morgan fingerprint density at radius 1 is 0.705 bits per heavy atom. The molecular formula is C65H89N11O12. The van der Waals surface area contributed by atoms with Gasteiger partial charge in [0.2, 0.25) is 47.3 Å². The third-order valence-electron chi connectivity index (χ3n) is 17.1. The van der Waals surface area contributed by atoms with Crippen LogP contribution in [0.2, 0.25) is 0 Å². The normalized spacial score (nSPS) is 24.0. The van der Waals surface area contributed by atoms with E-state index in [4.69, 9.17) is 4.74 Å². The van der Waals surface area contributed by atoms with Gasteiger partial charge >= 0.3 is 5.69 Å². The van der Waals surface area contributed by atoms with Crippen LogP contribution < -0.4 is 26.6 Å². The summed E-state index contributed by atoms with van der Waals surface area (Å²) in [5.41, 5.74) is 1.63. The number of allylic oxidation sites excluding steroid dienone is 1. The quantitative estimate of drug-likeness (QED) is 0.0341. The van der Waals surface area contributed by atoms with E-state index < -0.39 is 118 Å². The Morgan fingerprint density at radius 2 is 1.27 bits per heavy atom. The molecule has 6 N–H and O–H groups in total. The van der Waals surface area contributed by atoms with Crippen molar-refractivity contribution < 1.29 is 53.1 Å². The number of carbonyl (C=O) groups is 8. The highest BCUT2D eigenvalue weighted by Crippen LogP contribution is 2.36. The number of piperazine rings is 1. The molecular weight excluding hydrogens is 1130 g/mol.